The van der Waals surface area contributed by atoms with Crippen molar-refractivity contribution in [3.05, 3.63) is 0 Å². The maximum atomic E-state index is 11.8. The molecule has 0 aromatic heterocycles. The van der Waals surface area contributed by atoms with Crippen molar-refractivity contribution < 1.29 is 29.7 Å². The number of hydrogen-bond acceptors (Lipinski definition) is 10. The summed E-state index contributed by atoms with van der Waals surface area (Å²) in [4.78, 5) is 20.2. The molecule has 2 amide bonds. The number of nitrogens with zero attached hydrogens (tertiary/aromatic N) is 3. The second-order valence-corrected chi connectivity index (χ2v) is 4.90. The Morgan fingerprint density at radius 1 is 1.64 bits per heavy atom. The van der Waals surface area contributed by atoms with E-state index in [0.29, 0.717) is 0 Å². The molecule has 0 aromatic rings. The highest BCUT2D eigenvalue weighted by atomic mass is 16.6. The predicted molar refractivity (Wildman–Crippen MR) is 87.7 cm³/mol. The van der Waals surface area contributed by atoms with Crippen LogP contribution in [0, 0.1) is 0 Å². The van der Waals surface area contributed by atoms with E-state index in [-0.39, 0.29) is 31.5 Å². The fraction of sp³-hybridized carbons (Fsp3) is 0.667. The van der Waals surface area contributed by atoms with Gasteiger partial charge in [0.1, 0.15) is 12.6 Å². The number of hydrogen-bond donors (Lipinski definition) is 7. The Labute approximate surface area is 143 Å². The molecule has 1 aliphatic heterocycles. The first-order valence-electron chi connectivity index (χ1n) is 7.32. The number of aliphatic hydroxyl groups excluding tert-OH is 3. The van der Waals surface area contributed by atoms with Gasteiger partial charge in [0, 0.05) is 0 Å². The highest BCUT2D eigenvalue weighted by Gasteiger charge is 2.30. The third kappa shape index (κ3) is 6.88. The van der Waals surface area contributed by atoms with Gasteiger partial charge < -0.3 is 41.3 Å². The van der Waals surface area contributed by atoms with Crippen molar-refractivity contribution in [1.82, 2.24) is 16.1 Å². The summed E-state index contributed by atoms with van der Waals surface area (Å²) in [5.74, 6) is -0.0261. The number of carbonyl (C=O) groups is 1. The lowest BCUT2D eigenvalue weighted by molar-refractivity contribution is -0.0375. The van der Waals surface area contributed by atoms with E-state index in [1.54, 1.807) is 0 Å². The van der Waals surface area contributed by atoms with Gasteiger partial charge in [0.25, 0.3) is 6.41 Å². The monoisotopic (exact) mass is 361 g/mol. The van der Waals surface area contributed by atoms with Gasteiger partial charge in [-0.15, -0.1) is 5.10 Å². The summed E-state index contributed by atoms with van der Waals surface area (Å²) < 4.78 is 4.90. The zero-order chi connectivity index (χ0) is 18.8. The summed E-state index contributed by atoms with van der Waals surface area (Å²) in [6, 6.07) is -2.39. The zero-order valence-electron chi connectivity index (χ0n) is 13.6. The molecule has 0 fully saturated rings. The highest BCUT2D eigenvalue weighted by Crippen LogP contribution is 2.04. The van der Waals surface area contributed by atoms with Crippen molar-refractivity contribution in [3.8, 4) is 0 Å². The average molecular weight is 361 g/mol. The Morgan fingerprint density at radius 3 is 2.88 bits per heavy atom. The summed E-state index contributed by atoms with van der Waals surface area (Å²) >= 11 is 0. The van der Waals surface area contributed by atoms with Crippen molar-refractivity contribution >= 4 is 24.5 Å². The first-order valence-corrected chi connectivity index (χ1v) is 7.32. The summed E-state index contributed by atoms with van der Waals surface area (Å²) in [5, 5.41) is 39.9. The molecule has 13 nitrogen and oxygen atoms in total. The minimum Gasteiger partial charge on any atom is -0.428 e. The quantitative estimate of drug-likeness (QED) is 0.0954. The topological polar surface area (TPSA) is 195 Å². The maximum absolute atomic E-state index is 11.8. The molecule has 0 aliphatic carbocycles. The van der Waals surface area contributed by atoms with Gasteiger partial charge in [0.05, 0.1) is 25.3 Å². The molecule has 0 bridgehead atoms. The van der Waals surface area contributed by atoms with Crippen molar-refractivity contribution in [1.29, 1.82) is 0 Å². The first kappa shape index (κ1) is 20.6. The van der Waals surface area contributed by atoms with E-state index in [1.165, 1.54) is 6.92 Å². The number of nitrogens with two attached hydrogens (primary N) is 1. The number of aliphatic hydroxyl groups is 3. The number of carbonyl (C=O) groups excluding carboxylic acids is 1. The lowest BCUT2D eigenvalue weighted by Crippen LogP contribution is -2.52. The Kier molecular flexibility index (Phi) is 8.55. The lowest BCUT2D eigenvalue weighted by atomic mass is 10.2. The molecule has 1 aliphatic rings. The van der Waals surface area contributed by atoms with Gasteiger partial charge in [-0.3, -0.25) is 0 Å². The number of rotatable bonds is 9. The van der Waals surface area contributed by atoms with Crippen molar-refractivity contribution in [2.75, 3.05) is 19.8 Å². The third-order valence-corrected chi connectivity index (χ3v) is 2.88. The number of amidine groups is 1. The number of nitrogens with one attached hydrogen (secondary N) is 3. The van der Waals surface area contributed by atoms with E-state index in [1.807, 2.05) is 0 Å². The number of urea groups is 1. The van der Waals surface area contributed by atoms with Crippen LogP contribution >= 0.6 is 0 Å². The molecule has 1 heterocycles. The Morgan fingerprint density at radius 2 is 2.36 bits per heavy atom. The van der Waals surface area contributed by atoms with Crippen LogP contribution in [0.15, 0.2) is 15.2 Å². The van der Waals surface area contributed by atoms with E-state index in [9.17, 15) is 9.90 Å². The Bertz CT molecular complexity index is 512. The third-order valence-electron chi connectivity index (χ3n) is 2.88. The van der Waals surface area contributed by atoms with E-state index < -0.39 is 30.6 Å². The van der Waals surface area contributed by atoms with Crippen LogP contribution in [0.2, 0.25) is 0 Å². The predicted octanol–water partition coefficient (Wildman–Crippen LogP) is -3.41. The minimum absolute atomic E-state index is 0.00164. The number of amides is 2. The molecule has 25 heavy (non-hydrogen) atoms. The van der Waals surface area contributed by atoms with Gasteiger partial charge in [-0.25, -0.2) is 15.2 Å². The summed E-state index contributed by atoms with van der Waals surface area (Å²) in [5.41, 5.74) is 7.73. The van der Waals surface area contributed by atoms with Crippen LogP contribution in [0.3, 0.4) is 0 Å². The van der Waals surface area contributed by atoms with Crippen LogP contribution in [0.1, 0.15) is 6.92 Å². The minimum atomic E-state index is -1.33. The van der Waals surface area contributed by atoms with Gasteiger partial charge in [-0.2, -0.15) is 0 Å². The van der Waals surface area contributed by atoms with Crippen molar-refractivity contribution in [2.45, 2.75) is 31.5 Å². The Hall–Kier alpha value is -2.48. The average Bonchev–Trinajstić information content (AvgIpc) is 3.01. The van der Waals surface area contributed by atoms with E-state index in [2.05, 4.69) is 38.0 Å². The molecular formula is C12H23N7O6. The van der Waals surface area contributed by atoms with Gasteiger partial charge in [0.2, 0.25) is 5.90 Å². The summed E-state index contributed by atoms with van der Waals surface area (Å²) in [7, 11) is 0. The lowest BCUT2D eigenvalue weighted by Gasteiger charge is -2.20. The molecule has 8 N–H and O–H groups in total. The van der Waals surface area contributed by atoms with E-state index in [0.717, 1.165) is 0 Å². The normalized spacial score (nSPS) is 20.4. The standard InChI is InChI=1S/C12H23N7O6/c1-6(21)8(10-17-18-12(23)25-10)16-11(22)15-3-4-24-19-9(14-2)7(13)5-20/h6-8,12,18,20-21,23H,2-5,13H2,1H3,(H2,15,16,22)/b19-9-. The van der Waals surface area contributed by atoms with Crippen LogP contribution < -0.4 is 21.8 Å². The van der Waals surface area contributed by atoms with Crippen LogP contribution in [0.25, 0.3) is 0 Å². The zero-order valence-corrected chi connectivity index (χ0v) is 13.6. The van der Waals surface area contributed by atoms with E-state index >= 15 is 0 Å². The second kappa shape index (κ2) is 10.4. The molecule has 4 unspecified atom stereocenters. The number of ether oxygens (including phenoxy) is 1. The number of oxime groups is 1. The SMILES string of the molecule is C=N/C(=N\OCCNC(=O)NC(C1=NNC(O)O1)C(C)O)C(N)CO. The second-order valence-electron chi connectivity index (χ2n) is 4.90. The molecule has 142 valence electrons. The van der Waals surface area contributed by atoms with Gasteiger partial charge in [-0.1, -0.05) is 5.16 Å². The molecule has 0 radical (unpaired) electrons. The fourth-order valence-electron chi connectivity index (χ4n) is 1.63. The number of aliphatic imine (C=N–C) groups is 1. The first-order chi connectivity index (χ1) is 11.9. The molecule has 1 rings (SSSR count). The van der Waals surface area contributed by atoms with Crippen molar-refractivity contribution in [3.63, 3.8) is 0 Å². The largest absolute Gasteiger partial charge is 0.428 e. The fourth-order valence-corrected chi connectivity index (χ4v) is 1.63. The summed E-state index contributed by atoms with van der Waals surface area (Å²) in [6.07, 6.45) is -2.34. The molecule has 0 aromatic carbocycles. The van der Waals surface area contributed by atoms with Crippen LogP contribution in [0.5, 0.6) is 0 Å². The van der Waals surface area contributed by atoms with E-state index in [4.69, 9.17) is 25.5 Å². The molecule has 0 saturated carbocycles. The molecule has 0 saturated heterocycles. The van der Waals surface area contributed by atoms with Crippen LogP contribution in [0.4, 0.5) is 4.79 Å². The smallest absolute Gasteiger partial charge is 0.315 e. The molecule has 4 atom stereocenters. The number of hydrazone groups is 1. The van der Waals surface area contributed by atoms with Gasteiger partial charge in [-0.05, 0) is 13.6 Å². The summed E-state index contributed by atoms with van der Waals surface area (Å²) in [6.45, 7) is 4.39. The molecule has 0 spiro atoms. The maximum Gasteiger partial charge on any atom is 0.315 e. The van der Waals surface area contributed by atoms with Crippen LogP contribution in [-0.4, -0.2) is 84.2 Å². The van der Waals surface area contributed by atoms with Gasteiger partial charge in [0.15, 0.2) is 5.84 Å². The molecule has 13 heteroatoms. The van der Waals surface area contributed by atoms with Crippen molar-refractivity contribution in [2.24, 2.45) is 21.0 Å². The highest BCUT2D eigenvalue weighted by molar-refractivity contribution is 5.90. The van der Waals surface area contributed by atoms with Crippen LogP contribution in [-0.2, 0) is 9.57 Å². The molecular weight excluding hydrogens is 338 g/mol. The van der Waals surface area contributed by atoms with Gasteiger partial charge >= 0.3 is 6.03 Å². The Balaban J connectivity index is 2.36.